The van der Waals surface area contributed by atoms with Crippen LogP contribution in [0.2, 0.25) is 5.02 Å². The van der Waals surface area contributed by atoms with Gasteiger partial charge in [0.15, 0.2) is 0 Å². The highest BCUT2D eigenvalue weighted by atomic mass is 35.5. The normalized spacial score (nSPS) is 17.7. The minimum absolute atomic E-state index is 0.000566. The summed E-state index contributed by atoms with van der Waals surface area (Å²) in [5.41, 5.74) is -0.226. The van der Waals surface area contributed by atoms with E-state index in [-0.39, 0.29) is 34.5 Å². The fourth-order valence-electron chi connectivity index (χ4n) is 3.64. The van der Waals surface area contributed by atoms with Crippen molar-refractivity contribution in [2.45, 2.75) is 19.1 Å². The zero-order valence-corrected chi connectivity index (χ0v) is 17.9. The molecule has 31 heavy (non-hydrogen) atoms. The molecule has 10 heteroatoms. The summed E-state index contributed by atoms with van der Waals surface area (Å²) in [6.45, 7) is 3.41. The van der Waals surface area contributed by atoms with Gasteiger partial charge in [-0.15, -0.1) is 0 Å². The Bertz CT molecular complexity index is 954. The van der Waals surface area contributed by atoms with E-state index in [4.69, 9.17) is 21.1 Å². The average Bonchev–Trinajstić information content (AvgIpc) is 2.75. The molecular formula is C21H23ClFN3O5. The summed E-state index contributed by atoms with van der Waals surface area (Å²) in [4.78, 5) is 25.6. The van der Waals surface area contributed by atoms with Gasteiger partial charge in [-0.05, 0) is 31.2 Å². The van der Waals surface area contributed by atoms with E-state index < -0.39 is 22.7 Å². The SMILES string of the molecule is COc1ccc([N+](=O)[O-])c(C(=O)NCC(c2c(F)cccc2Cl)N2CCOC(C)C2)c1. The number of nitrogens with zero attached hydrogens (tertiary/aromatic N) is 2. The number of benzene rings is 2. The van der Waals surface area contributed by atoms with Crippen molar-refractivity contribution in [2.75, 3.05) is 33.4 Å². The Kier molecular flexibility index (Phi) is 7.42. The zero-order valence-electron chi connectivity index (χ0n) is 17.1. The number of nitrogens with one attached hydrogen (secondary N) is 1. The number of hydrogen-bond donors (Lipinski definition) is 1. The smallest absolute Gasteiger partial charge is 0.282 e. The van der Waals surface area contributed by atoms with Crippen LogP contribution >= 0.6 is 11.6 Å². The van der Waals surface area contributed by atoms with Crippen LogP contribution in [-0.2, 0) is 4.74 Å². The van der Waals surface area contributed by atoms with Crippen molar-refractivity contribution in [3.63, 3.8) is 0 Å². The summed E-state index contributed by atoms with van der Waals surface area (Å²) in [6.07, 6.45) is -0.0722. The van der Waals surface area contributed by atoms with E-state index in [9.17, 15) is 19.3 Å². The molecule has 1 aliphatic rings. The van der Waals surface area contributed by atoms with Gasteiger partial charge in [-0.2, -0.15) is 0 Å². The molecule has 2 aromatic carbocycles. The maximum absolute atomic E-state index is 14.7. The van der Waals surface area contributed by atoms with Crippen LogP contribution in [0, 0.1) is 15.9 Å². The van der Waals surface area contributed by atoms with Gasteiger partial charge in [0, 0.05) is 36.3 Å². The molecule has 0 bridgehead atoms. The van der Waals surface area contributed by atoms with Crippen molar-refractivity contribution in [3.05, 3.63) is 68.5 Å². The Hall–Kier alpha value is -2.75. The van der Waals surface area contributed by atoms with Crippen LogP contribution in [0.25, 0.3) is 0 Å². The van der Waals surface area contributed by atoms with Gasteiger partial charge in [-0.3, -0.25) is 19.8 Å². The lowest BCUT2D eigenvalue weighted by Gasteiger charge is -2.38. The summed E-state index contributed by atoms with van der Waals surface area (Å²) in [5.74, 6) is -0.839. The number of nitro benzene ring substituents is 1. The van der Waals surface area contributed by atoms with Crippen molar-refractivity contribution in [1.82, 2.24) is 10.2 Å². The highest BCUT2D eigenvalue weighted by molar-refractivity contribution is 6.31. The third-order valence-corrected chi connectivity index (χ3v) is 5.48. The molecule has 8 nitrogen and oxygen atoms in total. The van der Waals surface area contributed by atoms with Crippen LogP contribution in [0.3, 0.4) is 0 Å². The highest BCUT2D eigenvalue weighted by Crippen LogP contribution is 2.31. The third kappa shape index (κ3) is 5.30. The number of morpholine rings is 1. The van der Waals surface area contributed by atoms with Gasteiger partial charge in [0.2, 0.25) is 0 Å². The molecule has 1 aliphatic heterocycles. The first-order chi connectivity index (χ1) is 14.8. The first-order valence-electron chi connectivity index (χ1n) is 9.72. The summed E-state index contributed by atoms with van der Waals surface area (Å²) < 4.78 is 25.4. The van der Waals surface area contributed by atoms with E-state index in [1.54, 1.807) is 6.07 Å². The highest BCUT2D eigenvalue weighted by Gasteiger charge is 2.30. The first-order valence-corrected chi connectivity index (χ1v) is 10.1. The molecule has 0 radical (unpaired) electrons. The molecule has 0 aliphatic carbocycles. The van der Waals surface area contributed by atoms with Crippen LogP contribution in [0.15, 0.2) is 36.4 Å². The van der Waals surface area contributed by atoms with Crippen LogP contribution in [0.5, 0.6) is 5.75 Å². The average molecular weight is 452 g/mol. The Morgan fingerprint density at radius 2 is 2.23 bits per heavy atom. The lowest BCUT2D eigenvalue weighted by atomic mass is 10.0. The summed E-state index contributed by atoms with van der Waals surface area (Å²) in [5, 5.41) is 14.3. The Labute approximate surface area is 184 Å². The first kappa shape index (κ1) is 22.9. The van der Waals surface area contributed by atoms with Crippen LogP contribution < -0.4 is 10.1 Å². The Balaban J connectivity index is 1.89. The van der Waals surface area contributed by atoms with E-state index in [1.807, 2.05) is 11.8 Å². The third-order valence-electron chi connectivity index (χ3n) is 5.15. The van der Waals surface area contributed by atoms with E-state index in [0.29, 0.717) is 25.4 Å². The van der Waals surface area contributed by atoms with Gasteiger partial charge in [-0.1, -0.05) is 17.7 Å². The monoisotopic (exact) mass is 451 g/mol. The molecule has 0 aromatic heterocycles. The molecule has 0 spiro atoms. The second kappa shape index (κ2) is 10.0. The molecule has 1 heterocycles. The van der Waals surface area contributed by atoms with Gasteiger partial charge in [0.25, 0.3) is 11.6 Å². The molecule has 1 amide bonds. The van der Waals surface area contributed by atoms with Gasteiger partial charge < -0.3 is 14.8 Å². The van der Waals surface area contributed by atoms with E-state index in [1.165, 1.54) is 37.4 Å². The molecule has 1 N–H and O–H groups in total. The molecule has 2 aromatic rings. The predicted molar refractivity (Wildman–Crippen MR) is 113 cm³/mol. The molecule has 166 valence electrons. The van der Waals surface area contributed by atoms with Gasteiger partial charge >= 0.3 is 0 Å². The molecular weight excluding hydrogens is 429 g/mol. The molecule has 1 saturated heterocycles. The fraction of sp³-hybridized carbons (Fsp3) is 0.381. The molecule has 2 unspecified atom stereocenters. The predicted octanol–water partition coefficient (Wildman–Crippen LogP) is 3.59. The van der Waals surface area contributed by atoms with Crippen LogP contribution in [0.1, 0.15) is 28.9 Å². The maximum atomic E-state index is 14.7. The number of rotatable bonds is 7. The maximum Gasteiger partial charge on any atom is 0.282 e. The van der Waals surface area contributed by atoms with Crippen molar-refractivity contribution in [1.29, 1.82) is 0 Å². The number of methoxy groups -OCH3 is 1. The number of carbonyl (C=O) groups is 1. The second-order valence-corrected chi connectivity index (χ2v) is 7.58. The van der Waals surface area contributed by atoms with Crippen molar-refractivity contribution < 1.29 is 23.6 Å². The number of nitro groups is 1. The van der Waals surface area contributed by atoms with Crippen molar-refractivity contribution in [3.8, 4) is 5.75 Å². The number of hydrogen-bond acceptors (Lipinski definition) is 6. The van der Waals surface area contributed by atoms with Crippen LogP contribution in [0.4, 0.5) is 10.1 Å². The van der Waals surface area contributed by atoms with E-state index in [0.717, 1.165) is 0 Å². The van der Waals surface area contributed by atoms with E-state index >= 15 is 0 Å². The van der Waals surface area contributed by atoms with Crippen LogP contribution in [-0.4, -0.2) is 55.2 Å². The van der Waals surface area contributed by atoms with Crippen molar-refractivity contribution in [2.24, 2.45) is 0 Å². The molecule has 1 fully saturated rings. The largest absolute Gasteiger partial charge is 0.497 e. The molecule has 0 saturated carbocycles. The summed E-state index contributed by atoms with van der Waals surface area (Å²) >= 11 is 6.30. The number of amides is 1. The molecule has 3 rings (SSSR count). The number of ether oxygens (including phenoxy) is 2. The summed E-state index contributed by atoms with van der Waals surface area (Å²) in [7, 11) is 1.40. The lowest BCUT2D eigenvalue weighted by molar-refractivity contribution is -0.385. The van der Waals surface area contributed by atoms with Gasteiger partial charge in [0.1, 0.15) is 17.1 Å². The zero-order chi connectivity index (χ0) is 22.5. The molecule has 2 atom stereocenters. The number of halogens is 2. The van der Waals surface area contributed by atoms with Gasteiger partial charge in [0.05, 0.1) is 30.8 Å². The van der Waals surface area contributed by atoms with Gasteiger partial charge in [-0.25, -0.2) is 4.39 Å². The van der Waals surface area contributed by atoms with E-state index in [2.05, 4.69) is 5.32 Å². The lowest BCUT2D eigenvalue weighted by Crippen LogP contribution is -2.47. The Morgan fingerprint density at radius 3 is 2.87 bits per heavy atom. The summed E-state index contributed by atoms with van der Waals surface area (Å²) in [6, 6.07) is 7.76. The second-order valence-electron chi connectivity index (χ2n) is 7.18. The fourth-order valence-corrected chi connectivity index (χ4v) is 3.93. The number of carbonyl (C=O) groups excluding carboxylic acids is 1. The standard InChI is InChI=1S/C21H23ClFN3O5/c1-13-12-25(8-9-31-13)19(20-16(22)4-3-5-17(20)23)11-24-21(27)15-10-14(30-2)6-7-18(15)26(28)29/h3-7,10,13,19H,8-9,11-12H2,1-2H3,(H,24,27). The quantitative estimate of drug-likeness (QED) is 0.510. The topological polar surface area (TPSA) is 93.9 Å². The Morgan fingerprint density at radius 1 is 1.45 bits per heavy atom. The van der Waals surface area contributed by atoms with Crippen molar-refractivity contribution >= 4 is 23.2 Å². The minimum atomic E-state index is -0.663. The minimum Gasteiger partial charge on any atom is -0.497 e.